The van der Waals surface area contributed by atoms with Crippen LogP contribution in [0.2, 0.25) is 0 Å². The standard InChI is InChI=1S/C18H26N2O3.C2HF3O2/c1-14-3-4-16(19-13-14)17(21)20-9-7-18(8-10-20)15(5-11-22-2)6-12-23-18;3-2(4,5)1(6)7/h3-4,13,15H,5-12H2,1-2H3;(H,6,7). The SMILES string of the molecule is COCCC1CCOC12CCN(C(=O)c1ccc(C)cn1)CC2.O=C(O)C(F)(F)F. The molecule has 10 heteroatoms. The van der Waals surface area contributed by atoms with Gasteiger partial charge in [-0.05, 0) is 50.2 Å². The molecule has 30 heavy (non-hydrogen) atoms. The van der Waals surface area contributed by atoms with Crippen LogP contribution in [0.1, 0.15) is 41.7 Å². The minimum Gasteiger partial charge on any atom is -0.475 e. The molecule has 2 saturated heterocycles. The van der Waals surface area contributed by atoms with Gasteiger partial charge in [0.25, 0.3) is 5.91 Å². The number of amides is 1. The number of aliphatic carboxylic acids is 1. The topological polar surface area (TPSA) is 89.0 Å². The molecule has 1 aromatic heterocycles. The summed E-state index contributed by atoms with van der Waals surface area (Å²) in [5, 5.41) is 7.12. The summed E-state index contributed by atoms with van der Waals surface area (Å²) >= 11 is 0. The number of carbonyl (C=O) groups excluding carboxylic acids is 1. The molecule has 0 aliphatic carbocycles. The number of nitrogens with zero attached hydrogens (tertiary/aromatic N) is 2. The van der Waals surface area contributed by atoms with Crippen LogP contribution in [0.25, 0.3) is 0 Å². The second kappa shape index (κ2) is 10.2. The number of carboxylic acids is 1. The van der Waals surface area contributed by atoms with Crippen molar-refractivity contribution in [1.82, 2.24) is 9.88 Å². The number of alkyl halides is 3. The summed E-state index contributed by atoms with van der Waals surface area (Å²) in [4.78, 5) is 27.6. The highest BCUT2D eigenvalue weighted by Gasteiger charge is 2.46. The second-order valence-corrected chi connectivity index (χ2v) is 7.50. The van der Waals surface area contributed by atoms with Gasteiger partial charge < -0.3 is 19.5 Å². The average molecular weight is 432 g/mol. The van der Waals surface area contributed by atoms with Gasteiger partial charge in [0, 0.05) is 39.6 Å². The molecule has 1 amide bonds. The Morgan fingerprint density at radius 3 is 2.47 bits per heavy atom. The summed E-state index contributed by atoms with van der Waals surface area (Å²) in [6.45, 7) is 5.09. The minimum atomic E-state index is -5.08. The first-order valence-corrected chi connectivity index (χ1v) is 9.74. The molecular formula is C20H27F3N2O5. The zero-order valence-corrected chi connectivity index (χ0v) is 17.1. The molecule has 2 aliphatic heterocycles. The maximum Gasteiger partial charge on any atom is 0.490 e. The fourth-order valence-corrected chi connectivity index (χ4v) is 3.85. The summed E-state index contributed by atoms with van der Waals surface area (Å²) in [5.41, 5.74) is 1.56. The van der Waals surface area contributed by atoms with Crippen molar-refractivity contribution in [3.8, 4) is 0 Å². The Hall–Kier alpha value is -2.20. The number of pyridine rings is 1. The van der Waals surface area contributed by atoms with E-state index >= 15 is 0 Å². The summed E-state index contributed by atoms with van der Waals surface area (Å²) in [6, 6.07) is 3.75. The van der Waals surface area contributed by atoms with Gasteiger partial charge in [0.15, 0.2) is 0 Å². The highest BCUT2D eigenvalue weighted by Crippen LogP contribution is 2.42. The monoisotopic (exact) mass is 432 g/mol. The van der Waals surface area contributed by atoms with Gasteiger partial charge in [0.2, 0.25) is 0 Å². The number of rotatable bonds is 4. The van der Waals surface area contributed by atoms with E-state index in [9.17, 15) is 18.0 Å². The van der Waals surface area contributed by atoms with E-state index in [0.717, 1.165) is 57.6 Å². The molecule has 1 atom stereocenters. The number of aromatic nitrogens is 1. The van der Waals surface area contributed by atoms with Crippen molar-refractivity contribution in [1.29, 1.82) is 0 Å². The van der Waals surface area contributed by atoms with Gasteiger partial charge in [-0.2, -0.15) is 13.2 Å². The molecular weight excluding hydrogens is 405 g/mol. The highest BCUT2D eigenvalue weighted by molar-refractivity contribution is 5.92. The van der Waals surface area contributed by atoms with Gasteiger partial charge in [0.05, 0.1) is 5.60 Å². The van der Waals surface area contributed by atoms with Crippen LogP contribution in [0.5, 0.6) is 0 Å². The smallest absolute Gasteiger partial charge is 0.475 e. The third-order valence-electron chi connectivity index (χ3n) is 5.54. The molecule has 1 unspecified atom stereocenters. The number of carbonyl (C=O) groups is 2. The van der Waals surface area contributed by atoms with Crippen molar-refractivity contribution in [3.05, 3.63) is 29.6 Å². The van der Waals surface area contributed by atoms with E-state index in [1.54, 1.807) is 13.3 Å². The van der Waals surface area contributed by atoms with E-state index < -0.39 is 12.1 Å². The number of halogens is 3. The maximum absolute atomic E-state index is 12.6. The van der Waals surface area contributed by atoms with Gasteiger partial charge in [-0.25, -0.2) is 4.79 Å². The first-order valence-electron chi connectivity index (χ1n) is 9.74. The molecule has 0 radical (unpaired) electrons. The third kappa shape index (κ3) is 6.15. The van der Waals surface area contributed by atoms with Crippen LogP contribution in [-0.4, -0.2) is 72.1 Å². The van der Waals surface area contributed by atoms with Crippen molar-refractivity contribution in [2.24, 2.45) is 5.92 Å². The number of piperidine rings is 1. The molecule has 168 valence electrons. The summed E-state index contributed by atoms with van der Waals surface area (Å²) < 4.78 is 43.1. The van der Waals surface area contributed by atoms with Crippen molar-refractivity contribution in [3.63, 3.8) is 0 Å². The van der Waals surface area contributed by atoms with Gasteiger partial charge >= 0.3 is 12.1 Å². The fraction of sp³-hybridized carbons (Fsp3) is 0.650. The molecule has 1 aromatic rings. The van der Waals surface area contributed by atoms with Crippen LogP contribution < -0.4 is 0 Å². The normalized spacial score (nSPS) is 20.6. The minimum absolute atomic E-state index is 0.0336. The van der Waals surface area contributed by atoms with Crippen molar-refractivity contribution >= 4 is 11.9 Å². The third-order valence-corrected chi connectivity index (χ3v) is 5.54. The predicted molar refractivity (Wildman–Crippen MR) is 101 cm³/mol. The predicted octanol–water partition coefficient (Wildman–Crippen LogP) is 3.07. The number of carboxylic acid groups (broad SMARTS) is 1. The lowest BCUT2D eigenvalue weighted by Crippen LogP contribution is -2.49. The van der Waals surface area contributed by atoms with Crippen LogP contribution in [0.4, 0.5) is 13.2 Å². The Labute approximate surface area is 173 Å². The van der Waals surface area contributed by atoms with Crippen LogP contribution in [-0.2, 0) is 14.3 Å². The van der Waals surface area contributed by atoms with Crippen molar-refractivity contribution in [2.45, 2.75) is 44.4 Å². The van der Waals surface area contributed by atoms with Crippen molar-refractivity contribution in [2.75, 3.05) is 33.4 Å². The van der Waals surface area contributed by atoms with E-state index in [4.69, 9.17) is 19.4 Å². The first-order chi connectivity index (χ1) is 14.1. The lowest BCUT2D eigenvalue weighted by atomic mass is 9.78. The van der Waals surface area contributed by atoms with Gasteiger partial charge in [0.1, 0.15) is 5.69 Å². The Bertz CT molecular complexity index is 716. The lowest BCUT2D eigenvalue weighted by molar-refractivity contribution is -0.192. The Morgan fingerprint density at radius 2 is 1.97 bits per heavy atom. The fourth-order valence-electron chi connectivity index (χ4n) is 3.85. The Balaban J connectivity index is 0.000000396. The largest absolute Gasteiger partial charge is 0.490 e. The summed E-state index contributed by atoms with van der Waals surface area (Å²) in [6.07, 6.45) is 0.651. The molecule has 0 bridgehead atoms. The molecule has 7 nitrogen and oxygen atoms in total. The molecule has 3 heterocycles. The molecule has 0 aromatic carbocycles. The van der Waals surface area contributed by atoms with Crippen molar-refractivity contribution < 1.29 is 37.3 Å². The maximum atomic E-state index is 12.6. The summed E-state index contributed by atoms with van der Waals surface area (Å²) in [7, 11) is 1.75. The summed E-state index contributed by atoms with van der Waals surface area (Å²) in [5.74, 6) is -2.17. The van der Waals surface area contributed by atoms with E-state index in [-0.39, 0.29) is 11.5 Å². The molecule has 3 rings (SSSR count). The zero-order valence-electron chi connectivity index (χ0n) is 17.1. The van der Waals surface area contributed by atoms with Crippen LogP contribution >= 0.6 is 0 Å². The molecule has 2 fully saturated rings. The molecule has 1 spiro atoms. The number of aryl methyl sites for hydroxylation is 1. The van der Waals surface area contributed by atoms with Gasteiger partial charge in [-0.3, -0.25) is 9.78 Å². The van der Waals surface area contributed by atoms with Crippen LogP contribution in [0.15, 0.2) is 18.3 Å². The van der Waals surface area contributed by atoms with E-state index in [1.807, 2.05) is 24.0 Å². The van der Waals surface area contributed by atoms with Gasteiger partial charge in [-0.1, -0.05) is 6.07 Å². The van der Waals surface area contributed by atoms with E-state index in [1.165, 1.54) is 0 Å². The average Bonchev–Trinajstić information content (AvgIpc) is 3.08. The van der Waals surface area contributed by atoms with Crippen LogP contribution in [0, 0.1) is 12.8 Å². The first kappa shape index (κ1) is 24.1. The molecule has 0 saturated carbocycles. The lowest BCUT2D eigenvalue weighted by Gasteiger charge is -2.42. The van der Waals surface area contributed by atoms with E-state index in [2.05, 4.69) is 4.98 Å². The Morgan fingerprint density at radius 1 is 1.33 bits per heavy atom. The number of likely N-dealkylation sites (tertiary alicyclic amines) is 1. The zero-order chi connectivity index (χ0) is 22.4. The number of hydrogen-bond donors (Lipinski definition) is 1. The molecule has 2 aliphatic rings. The number of methoxy groups -OCH3 is 1. The van der Waals surface area contributed by atoms with Gasteiger partial charge in [-0.15, -0.1) is 0 Å². The highest BCUT2D eigenvalue weighted by atomic mass is 19.4. The van der Waals surface area contributed by atoms with Crippen LogP contribution in [0.3, 0.4) is 0 Å². The number of ether oxygens (including phenoxy) is 2. The number of hydrogen-bond acceptors (Lipinski definition) is 5. The van der Waals surface area contributed by atoms with E-state index in [0.29, 0.717) is 11.6 Å². The second-order valence-electron chi connectivity index (χ2n) is 7.50. The quantitative estimate of drug-likeness (QED) is 0.787. The Kier molecular flexibility index (Phi) is 8.19. The molecule has 1 N–H and O–H groups in total.